The standard InChI is InChI=1S/C32H33N5O2S/c1-21(2)27-7-5-6-8-28(27)37-30(39)19-40-32(37)34-29(38)18-23(4)17-24-11-13-25(14-12-24)31-33-20-36(35-31)26-15-9-22(3)10-16-26/h5-16,20-21,23H,17-19H2,1-4H3. The lowest BCUT2D eigenvalue weighted by molar-refractivity contribution is -0.118. The first-order valence-electron chi connectivity index (χ1n) is 13.5. The van der Waals surface area contributed by atoms with Gasteiger partial charge in [0.2, 0.25) is 11.8 Å². The summed E-state index contributed by atoms with van der Waals surface area (Å²) in [7, 11) is 0. The number of aliphatic imine (C=N–C) groups is 1. The minimum absolute atomic E-state index is 0.0454. The van der Waals surface area contributed by atoms with E-state index < -0.39 is 0 Å². The Labute approximate surface area is 239 Å². The fraction of sp³-hybridized carbons (Fsp3) is 0.281. The first-order valence-corrected chi connectivity index (χ1v) is 14.5. The fourth-order valence-electron chi connectivity index (χ4n) is 4.79. The molecule has 0 radical (unpaired) electrons. The number of nitrogens with zero attached hydrogens (tertiary/aromatic N) is 5. The molecule has 1 aromatic heterocycles. The molecule has 5 rings (SSSR count). The molecule has 2 amide bonds. The Hall–Kier alpha value is -4.04. The lowest BCUT2D eigenvalue weighted by atomic mass is 9.97. The van der Waals surface area contributed by atoms with Crippen molar-refractivity contribution in [3.63, 3.8) is 0 Å². The van der Waals surface area contributed by atoms with Gasteiger partial charge in [-0.2, -0.15) is 4.99 Å². The molecule has 1 aliphatic heterocycles. The minimum Gasteiger partial charge on any atom is -0.273 e. The number of para-hydroxylation sites is 1. The van der Waals surface area contributed by atoms with Gasteiger partial charge in [-0.15, -0.1) is 5.10 Å². The first-order chi connectivity index (χ1) is 19.3. The summed E-state index contributed by atoms with van der Waals surface area (Å²) in [4.78, 5) is 36.1. The van der Waals surface area contributed by atoms with Crippen LogP contribution in [0.15, 0.2) is 84.1 Å². The van der Waals surface area contributed by atoms with Gasteiger partial charge in [0, 0.05) is 12.0 Å². The Bertz CT molecular complexity index is 1540. The van der Waals surface area contributed by atoms with E-state index in [9.17, 15) is 9.59 Å². The van der Waals surface area contributed by atoms with Crippen LogP contribution >= 0.6 is 11.8 Å². The zero-order valence-corrected chi connectivity index (χ0v) is 24.1. The lowest BCUT2D eigenvalue weighted by Crippen LogP contribution is -2.31. The third kappa shape index (κ3) is 6.23. The van der Waals surface area contributed by atoms with Crippen LogP contribution in [0, 0.1) is 12.8 Å². The number of amidine groups is 1. The summed E-state index contributed by atoms with van der Waals surface area (Å²) in [5.41, 5.74) is 6.11. The predicted octanol–water partition coefficient (Wildman–Crippen LogP) is 6.60. The highest BCUT2D eigenvalue weighted by atomic mass is 32.2. The van der Waals surface area contributed by atoms with E-state index in [1.54, 1.807) is 15.9 Å². The Morgan fingerprint density at radius 1 is 1.00 bits per heavy atom. The van der Waals surface area contributed by atoms with E-state index in [-0.39, 0.29) is 23.7 Å². The molecule has 1 saturated heterocycles. The van der Waals surface area contributed by atoms with E-state index in [1.807, 2.05) is 48.5 Å². The minimum atomic E-state index is -0.209. The second-order valence-electron chi connectivity index (χ2n) is 10.6. The first kappa shape index (κ1) is 27.5. The van der Waals surface area contributed by atoms with E-state index in [2.05, 4.69) is 67.0 Å². The van der Waals surface area contributed by atoms with Crippen LogP contribution in [0.4, 0.5) is 5.69 Å². The van der Waals surface area contributed by atoms with E-state index in [0.717, 1.165) is 34.5 Å². The maximum absolute atomic E-state index is 12.9. The van der Waals surface area contributed by atoms with Crippen molar-refractivity contribution in [2.75, 3.05) is 10.7 Å². The second-order valence-corrected chi connectivity index (χ2v) is 11.5. The van der Waals surface area contributed by atoms with Gasteiger partial charge >= 0.3 is 0 Å². The van der Waals surface area contributed by atoms with Gasteiger partial charge < -0.3 is 0 Å². The molecule has 0 bridgehead atoms. The van der Waals surface area contributed by atoms with E-state index in [0.29, 0.717) is 23.2 Å². The molecule has 1 atom stereocenters. The molecule has 0 saturated carbocycles. The molecule has 1 fully saturated rings. The maximum atomic E-state index is 12.9. The summed E-state index contributed by atoms with van der Waals surface area (Å²) in [6.45, 7) is 8.30. The SMILES string of the molecule is Cc1ccc(-n2cnc(-c3ccc(CC(C)CC(=O)N=C4SCC(=O)N4c4ccccc4C(C)C)cc3)n2)cc1. The van der Waals surface area contributed by atoms with Crippen molar-refractivity contribution in [3.05, 3.63) is 95.8 Å². The Morgan fingerprint density at radius 2 is 1.73 bits per heavy atom. The number of anilines is 1. The molecule has 204 valence electrons. The van der Waals surface area contributed by atoms with Crippen molar-refractivity contribution in [2.45, 2.75) is 46.5 Å². The maximum Gasteiger partial charge on any atom is 0.248 e. The zero-order chi connectivity index (χ0) is 28.2. The predicted molar refractivity (Wildman–Crippen MR) is 162 cm³/mol. The summed E-state index contributed by atoms with van der Waals surface area (Å²) < 4.78 is 1.77. The number of rotatable bonds is 8. The van der Waals surface area contributed by atoms with Gasteiger partial charge in [-0.05, 0) is 54.5 Å². The number of benzene rings is 3. The van der Waals surface area contributed by atoms with Crippen LogP contribution in [0.5, 0.6) is 0 Å². The molecule has 0 N–H and O–H groups in total. The normalized spacial score (nSPS) is 15.3. The van der Waals surface area contributed by atoms with Gasteiger partial charge in [-0.1, -0.05) is 92.7 Å². The molecule has 8 heteroatoms. The summed E-state index contributed by atoms with van der Waals surface area (Å²) in [5, 5.41) is 5.09. The molecular formula is C32H33N5O2S. The van der Waals surface area contributed by atoms with Crippen LogP contribution in [-0.4, -0.2) is 37.5 Å². The summed E-state index contributed by atoms with van der Waals surface area (Å²) in [6, 6.07) is 24.1. The van der Waals surface area contributed by atoms with E-state index in [4.69, 9.17) is 0 Å². The molecule has 0 aliphatic carbocycles. The van der Waals surface area contributed by atoms with Gasteiger partial charge in [0.25, 0.3) is 0 Å². The molecule has 1 unspecified atom stereocenters. The van der Waals surface area contributed by atoms with Gasteiger partial charge in [0.05, 0.1) is 17.1 Å². The number of aromatic nitrogens is 3. The molecule has 2 heterocycles. The monoisotopic (exact) mass is 551 g/mol. The van der Waals surface area contributed by atoms with Crippen molar-refractivity contribution in [1.29, 1.82) is 0 Å². The summed E-state index contributed by atoms with van der Waals surface area (Å²) in [5.74, 6) is 1.05. The van der Waals surface area contributed by atoms with Gasteiger partial charge in [-0.25, -0.2) is 9.67 Å². The summed E-state index contributed by atoms with van der Waals surface area (Å²) >= 11 is 1.33. The quantitative estimate of drug-likeness (QED) is 0.247. The molecule has 0 spiro atoms. The summed E-state index contributed by atoms with van der Waals surface area (Å²) in [6.07, 6.45) is 2.78. The smallest absolute Gasteiger partial charge is 0.248 e. The molecule has 1 aliphatic rings. The number of thioether (sulfide) groups is 1. The fourth-order valence-corrected chi connectivity index (χ4v) is 5.67. The van der Waals surface area contributed by atoms with Gasteiger partial charge in [-0.3, -0.25) is 14.5 Å². The zero-order valence-electron chi connectivity index (χ0n) is 23.2. The highest BCUT2D eigenvalue weighted by Gasteiger charge is 2.32. The van der Waals surface area contributed by atoms with Crippen molar-refractivity contribution >= 4 is 34.4 Å². The van der Waals surface area contributed by atoms with E-state index >= 15 is 0 Å². The molecule has 40 heavy (non-hydrogen) atoms. The van der Waals surface area contributed by atoms with Crippen LogP contribution in [0.3, 0.4) is 0 Å². The van der Waals surface area contributed by atoms with Crippen molar-refractivity contribution < 1.29 is 9.59 Å². The van der Waals surface area contributed by atoms with Gasteiger partial charge in [0.1, 0.15) is 6.33 Å². The number of carbonyl (C=O) groups is 2. The number of hydrogen-bond acceptors (Lipinski definition) is 5. The molecular weight excluding hydrogens is 518 g/mol. The lowest BCUT2D eigenvalue weighted by Gasteiger charge is -2.21. The Balaban J connectivity index is 1.22. The van der Waals surface area contributed by atoms with Crippen molar-refractivity contribution in [3.8, 4) is 17.1 Å². The van der Waals surface area contributed by atoms with Gasteiger partial charge in [0.15, 0.2) is 11.0 Å². The number of carbonyl (C=O) groups excluding carboxylic acids is 2. The van der Waals surface area contributed by atoms with Crippen LogP contribution in [0.1, 0.15) is 49.8 Å². The number of amides is 2. The average molecular weight is 552 g/mol. The van der Waals surface area contributed by atoms with Crippen LogP contribution in [0.2, 0.25) is 0 Å². The Kier molecular flexibility index (Phi) is 8.26. The topological polar surface area (TPSA) is 80.4 Å². The van der Waals surface area contributed by atoms with Crippen LogP contribution in [0.25, 0.3) is 17.1 Å². The third-order valence-electron chi connectivity index (χ3n) is 6.90. The molecule has 4 aromatic rings. The molecule has 3 aromatic carbocycles. The molecule has 7 nitrogen and oxygen atoms in total. The van der Waals surface area contributed by atoms with Crippen molar-refractivity contribution in [1.82, 2.24) is 14.8 Å². The van der Waals surface area contributed by atoms with E-state index in [1.165, 1.54) is 17.3 Å². The average Bonchev–Trinajstić information content (AvgIpc) is 3.56. The second kappa shape index (κ2) is 12.0. The van der Waals surface area contributed by atoms with Crippen molar-refractivity contribution in [2.24, 2.45) is 10.9 Å². The number of hydrogen-bond donors (Lipinski definition) is 0. The Morgan fingerprint density at radius 3 is 2.45 bits per heavy atom. The number of aryl methyl sites for hydroxylation is 1. The van der Waals surface area contributed by atoms with Crippen LogP contribution < -0.4 is 4.90 Å². The highest BCUT2D eigenvalue weighted by molar-refractivity contribution is 8.15. The highest BCUT2D eigenvalue weighted by Crippen LogP contribution is 2.33. The third-order valence-corrected chi connectivity index (χ3v) is 7.82. The van der Waals surface area contributed by atoms with Crippen LogP contribution in [-0.2, 0) is 16.0 Å². The largest absolute Gasteiger partial charge is 0.273 e.